The van der Waals surface area contributed by atoms with Gasteiger partial charge in [0.1, 0.15) is 15.0 Å². The van der Waals surface area contributed by atoms with Crippen molar-refractivity contribution in [2.75, 3.05) is 26.2 Å². The van der Waals surface area contributed by atoms with Gasteiger partial charge in [0.2, 0.25) is 5.82 Å². The normalized spacial score (nSPS) is 11.9. The number of halogens is 5. The second-order valence-electron chi connectivity index (χ2n) is 7.84. The summed E-state index contributed by atoms with van der Waals surface area (Å²) in [5, 5.41) is 0. The smallest absolute Gasteiger partial charge is 0.200 e. The van der Waals surface area contributed by atoms with Crippen molar-refractivity contribution < 1.29 is 39.4 Å². The molecule has 0 unspecified atom stereocenters. The van der Waals surface area contributed by atoms with E-state index in [-0.39, 0.29) is 0 Å². The first kappa shape index (κ1) is 30.7. The molecule has 0 aliphatic heterocycles. The number of quaternary nitrogens is 1. The Morgan fingerprint density at radius 1 is 0.625 bits per heavy atom. The second-order valence-corrected chi connectivity index (χ2v) is 9.16. The van der Waals surface area contributed by atoms with Crippen LogP contribution in [0.3, 0.4) is 0 Å². The number of unbranched alkanes of at least 4 members (excludes halogenated alkanes) is 7. The summed E-state index contributed by atoms with van der Waals surface area (Å²) in [4.78, 5) is -2.38. The SMILES string of the molecule is CCCCCCCCCC[N+](CC)(CC)CC.O=S(=O)([O-])c1c(F)c(F)c(F)c(F)c1F. The monoisotopic (exact) mass is 489 g/mol. The summed E-state index contributed by atoms with van der Waals surface area (Å²) in [6.45, 7) is 14.7. The summed E-state index contributed by atoms with van der Waals surface area (Å²) in [5.41, 5.74) is 0. The number of hydrogen-bond acceptors (Lipinski definition) is 3. The number of nitrogens with zero attached hydrogens (tertiary/aromatic N) is 1. The van der Waals surface area contributed by atoms with Crippen molar-refractivity contribution in [1.29, 1.82) is 0 Å². The zero-order valence-electron chi connectivity index (χ0n) is 19.5. The molecule has 1 aromatic carbocycles. The van der Waals surface area contributed by atoms with Crippen LogP contribution in [-0.4, -0.2) is 43.6 Å². The van der Waals surface area contributed by atoms with Crippen LogP contribution in [-0.2, 0) is 10.1 Å². The summed E-state index contributed by atoms with van der Waals surface area (Å²) in [6.07, 6.45) is 11.5. The topological polar surface area (TPSA) is 57.2 Å². The Morgan fingerprint density at radius 2 is 0.969 bits per heavy atom. The Balaban J connectivity index is 0.000000604. The second kappa shape index (κ2) is 14.8. The van der Waals surface area contributed by atoms with Gasteiger partial charge in [-0.05, 0) is 33.6 Å². The van der Waals surface area contributed by atoms with Crippen molar-refractivity contribution in [2.24, 2.45) is 0 Å². The molecule has 1 aromatic rings. The third-order valence-corrected chi connectivity index (χ3v) is 6.78. The molecule has 0 saturated carbocycles. The third kappa shape index (κ3) is 9.31. The first-order valence-electron chi connectivity index (χ1n) is 11.2. The summed E-state index contributed by atoms with van der Waals surface area (Å²) in [5.74, 6) is -12.8. The summed E-state index contributed by atoms with van der Waals surface area (Å²) < 4.78 is 94.2. The van der Waals surface area contributed by atoms with Gasteiger partial charge in [-0.15, -0.1) is 0 Å². The van der Waals surface area contributed by atoms with Crippen LogP contribution in [0.2, 0.25) is 0 Å². The van der Waals surface area contributed by atoms with Crippen LogP contribution in [0.15, 0.2) is 4.90 Å². The van der Waals surface area contributed by atoms with Crippen LogP contribution in [0.25, 0.3) is 0 Å². The van der Waals surface area contributed by atoms with E-state index < -0.39 is 44.1 Å². The lowest BCUT2D eigenvalue weighted by atomic mass is 10.1. The Bertz CT molecular complexity index is 762. The van der Waals surface area contributed by atoms with Gasteiger partial charge in [-0.1, -0.05) is 45.4 Å². The molecule has 0 bridgehead atoms. The fraction of sp³-hybridized carbons (Fsp3) is 0.727. The highest BCUT2D eigenvalue weighted by atomic mass is 32.2. The van der Waals surface area contributed by atoms with Crippen LogP contribution < -0.4 is 0 Å². The van der Waals surface area contributed by atoms with Crippen molar-refractivity contribution in [1.82, 2.24) is 0 Å². The molecular formula is C22H36F5NO3S. The molecule has 0 aliphatic carbocycles. The molecular weight excluding hydrogens is 453 g/mol. The fourth-order valence-corrected chi connectivity index (χ4v) is 4.15. The summed E-state index contributed by atoms with van der Waals surface area (Å²) in [6, 6.07) is 0. The fourth-order valence-electron chi connectivity index (χ4n) is 3.53. The molecule has 4 nitrogen and oxygen atoms in total. The Labute approximate surface area is 189 Å². The van der Waals surface area contributed by atoms with E-state index in [9.17, 15) is 34.9 Å². The maximum Gasteiger partial charge on any atom is 0.200 e. The van der Waals surface area contributed by atoms with Crippen LogP contribution in [0.4, 0.5) is 22.0 Å². The third-order valence-electron chi connectivity index (χ3n) is 5.92. The molecule has 0 aromatic heterocycles. The van der Waals surface area contributed by atoms with Crippen LogP contribution in [0, 0.1) is 29.1 Å². The standard InChI is InChI=1S/C16H36N.C6HF5O3S/c1-5-9-10-11-12-13-14-15-16-17(6-2,7-3)8-4;7-1-2(8)4(10)6(15(12,13)14)5(11)3(1)9/h5-16H2,1-4H3;(H,12,13,14)/q+1;/p-1. The van der Waals surface area contributed by atoms with Gasteiger partial charge < -0.3 is 9.04 Å². The maximum absolute atomic E-state index is 12.6. The average Bonchev–Trinajstić information content (AvgIpc) is 2.75. The van der Waals surface area contributed by atoms with Gasteiger partial charge in [0, 0.05) is 0 Å². The highest BCUT2D eigenvalue weighted by Gasteiger charge is 2.29. The molecule has 0 amide bonds. The van der Waals surface area contributed by atoms with Crippen molar-refractivity contribution in [3.63, 3.8) is 0 Å². The molecule has 0 aliphatic rings. The molecule has 10 heteroatoms. The van der Waals surface area contributed by atoms with E-state index >= 15 is 0 Å². The first-order valence-corrected chi connectivity index (χ1v) is 12.7. The highest BCUT2D eigenvalue weighted by molar-refractivity contribution is 7.85. The number of hydrogen-bond donors (Lipinski definition) is 0. The quantitative estimate of drug-likeness (QED) is 0.0817. The van der Waals surface area contributed by atoms with E-state index in [1.165, 1.54) is 82.0 Å². The summed E-state index contributed by atoms with van der Waals surface area (Å²) in [7, 11) is -5.77. The van der Waals surface area contributed by atoms with Gasteiger partial charge in [-0.25, -0.2) is 30.4 Å². The van der Waals surface area contributed by atoms with E-state index in [1.54, 1.807) is 0 Å². The van der Waals surface area contributed by atoms with Crippen LogP contribution in [0.5, 0.6) is 0 Å². The van der Waals surface area contributed by atoms with Crippen molar-refractivity contribution in [2.45, 2.75) is 84.0 Å². The van der Waals surface area contributed by atoms with Gasteiger partial charge in [0.25, 0.3) is 0 Å². The Morgan fingerprint density at radius 3 is 1.31 bits per heavy atom. The molecule has 0 N–H and O–H groups in total. The Kier molecular flexibility index (Phi) is 14.2. The number of rotatable bonds is 13. The molecule has 0 fully saturated rings. The lowest BCUT2D eigenvalue weighted by molar-refractivity contribution is -0.923. The van der Waals surface area contributed by atoms with Crippen LogP contribution in [0.1, 0.15) is 79.1 Å². The maximum atomic E-state index is 12.6. The summed E-state index contributed by atoms with van der Waals surface area (Å²) >= 11 is 0. The number of benzene rings is 1. The molecule has 0 atom stereocenters. The lowest BCUT2D eigenvalue weighted by Gasteiger charge is -2.35. The zero-order valence-corrected chi connectivity index (χ0v) is 20.3. The van der Waals surface area contributed by atoms with Gasteiger partial charge in [-0.2, -0.15) is 0 Å². The van der Waals surface area contributed by atoms with E-state index in [0.717, 1.165) is 0 Å². The van der Waals surface area contributed by atoms with E-state index in [2.05, 4.69) is 27.7 Å². The molecule has 0 radical (unpaired) electrons. The van der Waals surface area contributed by atoms with Gasteiger partial charge >= 0.3 is 0 Å². The minimum atomic E-state index is -5.77. The van der Waals surface area contributed by atoms with E-state index in [1.807, 2.05) is 0 Å². The van der Waals surface area contributed by atoms with Gasteiger partial charge in [0.05, 0.1) is 26.2 Å². The Hall–Kier alpha value is -1.26. The zero-order chi connectivity index (χ0) is 24.9. The van der Waals surface area contributed by atoms with E-state index in [4.69, 9.17) is 0 Å². The van der Waals surface area contributed by atoms with Crippen molar-refractivity contribution in [3.8, 4) is 0 Å². The minimum absolute atomic E-state index is 1.31. The first-order chi connectivity index (χ1) is 14.9. The molecule has 188 valence electrons. The van der Waals surface area contributed by atoms with Crippen molar-refractivity contribution >= 4 is 10.1 Å². The molecule has 0 spiro atoms. The average molecular weight is 490 g/mol. The van der Waals surface area contributed by atoms with E-state index in [0.29, 0.717) is 0 Å². The highest BCUT2D eigenvalue weighted by Crippen LogP contribution is 2.26. The lowest BCUT2D eigenvalue weighted by Crippen LogP contribution is -2.48. The predicted molar refractivity (Wildman–Crippen MR) is 114 cm³/mol. The van der Waals surface area contributed by atoms with Crippen molar-refractivity contribution in [3.05, 3.63) is 29.1 Å². The van der Waals surface area contributed by atoms with Gasteiger partial charge in [-0.3, -0.25) is 0 Å². The molecule has 32 heavy (non-hydrogen) atoms. The minimum Gasteiger partial charge on any atom is -0.744 e. The van der Waals surface area contributed by atoms with Crippen LogP contribution >= 0.6 is 0 Å². The predicted octanol–water partition coefficient (Wildman–Crippen LogP) is 6.29. The molecule has 0 saturated heterocycles. The largest absolute Gasteiger partial charge is 0.744 e. The molecule has 1 rings (SSSR count). The molecule has 0 heterocycles. The van der Waals surface area contributed by atoms with Gasteiger partial charge in [0.15, 0.2) is 23.3 Å².